The lowest BCUT2D eigenvalue weighted by Crippen LogP contribution is -2.12. The van der Waals surface area contributed by atoms with Crippen molar-refractivity contribution >= 4 is 56.7 Å². The van der Waals surface area contributed by atoms with Gasteiger partial charge in [0.25, 0.3) is 11.7 Å². The maximum atomic E-state index is 11.6. The molecule has 0 aromatic heterocycles. The average molecular weight is 369 g/mol. The Morgan fingerprint density at radius 2 is 1.85 bits per heavy atom. The number of halogens is 2. The van der Waals surface area contributed by atoms with Crippen LogP contribution >= 0.6 is 39.3 Å². The smallest absolute Gasteiger partial charge is 0.296 e. The van der Waals surface area contributed by atoms with Gasteiger partial charge in [0.05, 0.1) is 16.3 Å². The number of nitrogens with one attached hydrogen (secondary N) is 1. The molecular formula is C14H7BrClNO2S. The summed E-state index contributed by atoms with van der Waals surface area (Å²) in [6.45, 7) is 0. The summed E-state index contributed by atoms with van der Waals surface area (Å²) in [5, 5.41) is 3.22. The number of anilines is 1. The lowest BCUT2D eigenvalue weighted by molar-refractivity contribution is -0.112. The van der Waals surface area contributed by atoms with Crippen LogP contribution in [0.1, 0.15) is 10.4 Å². The van der Waals surface area contributed by atoms with Crippen molar-refractivity contribution in [2.45, 2.75) is 9.79 Å². The fourth-order valence-corrected chi connectivity index (χ4v) is 3.59. The topological polar surface area (TPSA) is 46.2 Å². The van der Waals surface area contributed by atoms with E-state index in [2.05, 4.69) is 21.2 Å². The molecule has 0 saturated heterocycles. The molecule has 0 saturated carbocycles. The number of fused-ring (bicyclic) bond motifs is 1. The Morgan fingerprint density at radius 1 is 1.10 bits per heavy atom. The normalized spacial score (nSPS) is 13.3. The highest BCUT2D eigenvalue weighted by Crippen LogP contribution is 2.40. The van der Waals surface area contributed by atoms with Gasteiger partial charge in [-0.15, -0.1) is 0 Å². The van der Waals surface area contributed by atoms with Crippen molar-refractivity contribution in [2.75, 3.05) is 5.32 Å². The van der Waals surface area contributed by atoms with Gasteiger partial charge in [0.15, 0.2) is 0 Å². The highest BCUT2D eigenvalue weighted by Gasteiger charge is 2.29. The predicted octanol–water partition coefficient (Wildman–Crippen LogP) is 4.39. The van der Waals surface area contributed by atoms with Crippen LogP contribution in [0, 0.1) is 0 Å². The van der Waals surface area contributed by atoms with Crippen LogP contribution in [-0.4, -0.2) is 11.7 Å². The third-order valence-electron chi connectivity index (χ3n) is 2.83. The maximum Gasteiger partial charge on any atom is 0.296 e. The molecule has 1 heterocycles. The van der Waals surface area contributed by atoms with E-state index in [0.717, 1.165) is 14.3 Å². The molecule has 3 rings (SSSR count). The quantitative estimate of drug-likeness (QED) is 0.800. The molecule has 0 radical (unpaired) electrons. The number of Topliss-reactive ketones (excluding diaryl/α,β-unsaturated/α-hetero) is 1. The van der Waals surface area contributed by atoms with Crippen LogP contribution in [0.2, 0.25) is 5.02 Å². The van der Waals surface area contributed by atoms with Crippen molar-refractivity contribution in [2.24, 2.45) is 0 Å². The summed E-state index contributed by atoms with van der Waals surface area (Å²) in [5.74, 6) is -1.10. The minimum Gasteiger partial charge on any atom is -0.318 e. The van der Waals surface area contributed by atoms with E-state index in [0.29, 0.717) is 16.3 Å². The minimum atomic E-state index is -0.591. The maximum absolute atomic E-state index is 11.6. The summed E-state index contributed by atoms with van der Waals surface area (Å²) in [5.41, 5.74) is 0.933. The molecule has 0 bridgehead atoms. The fourth-order valence-electron chi connectivity index (χ4n) is 1.87. The Kier molecular flexibility index (Phi) is 3.58. The van der Waals surface area contributed by atoms with Crippen LogP contribution in [0.15, 0.2) is 50.7 Å². The second-order valence-corrected chi connectivity index (χ2v) is 6.49. The van der Waals surface area contributed by atoms with Gasteiger partial charge in [-0.25, -0.2) is 0 Å². The van der Waals surface area contributed by atoms with Gasteiger partial charge < -0.3 is 5.32 Å². The zero-order valence-electron chi connectivity index (χ0n) is 9.94. The van der Waals surface area contributed by atoms with Crippen molar-refractivity contribution in [1.82, 2.24) is 0 Å². The number of amides is 1. The van der Waals surface area contributed by atoms with E-state index >= 15 is 0 Å². The summed E-state index contributed by atoms with van der Waals surface area (Å²) in [7, 11) is 0. The van der Waals surface area contributed by atoms with Gasteiger partial charge in [-0.3, -0.25) is 9.59 Å². The van der Waals surface area contributed by atoms with E-state index in [9.17, 15) is 9.59 Å². The largest absolute Gasteiger partial charge is 0.318 e. The summed E-state index contributed by atoms with van der Waals surface area (Å²) < 4.78 is 0.756. The van der Waals surface area contributed by atoms with Crippen molar-refractivity contribution in [1.29, 1.82) is 0 Å². The van der Waals surface area contributed by atoms with Gasteiger partial charge in [-0.1, -0.05) is 35.5 Å². The molecule has 3 nitrogen and oxygen atoms in total. The first kappa shape index (κ1) is 13.7. The monoisotopic (exact) mass is 367 g/mol. The number of rotatable bonds is 2. The molecular weight excluding hydrogens is 362 g/mol. The third kappa shape index (κ3) is 2.37. The Bertz CT molecular complexity index is 748. The summed E-state index contributed by atoms with van der Waals surface area (Å²) in [4.78, 5) is 24.8. The van der Waals surface area contributed by atoms with Gasteiger partial charge in [0.1, 0.15) is 0 Å². The van der Waals surface area contributed by atoms with E-state index in [4.69, 9.17) is 11.6 Å². The second kappa shape index (κ2) is 5.24. The van der Waals surface area contributed by atoms with Crippen LogP contribution in [-0.2, 0) is 4.79 Å². The Balaban J connectivity index is 2.01. The van der Waals surface area contributed by atoms with Crippen LogP contribution < -0.4 is 5.32 Å². The summed E-state index contributed by atoms with van der Waals surface area (Å²) in [6, 6.07) is 10.9. The summed E-state index contributed by atoms with van der Waals surface area (Å²) in [6.07, 6.45) is 0. The Morgan fingerprint density at radius 3 is 2.60 bits per heavy atom. The van der Waals surface area contributed by atoms with Crippen LogP contribution in [0.3, 0.4) is 0 Å². The molecule has 1 aliphatic rings. The van der Waals surface area contributed by atoms with E-state index in [-0.39, 0.29) is 0 Å². The fraction of sp³-hybridized carbons (Fsp3) is 0. The highest BCUT2D eigenvalue weighted by atomic mass is 79.9. The van der Waals surface area contributed by atoms with Gasteiger partial charge in [0.2, 0.25) is 0 Å². The number of carbonyl (C=O) groups is 2. The molecule has 6 heteroatoms. The minimum absolute atomic E-state index is 0.394. The zero-order valence-corrected chi connectivity index (χ0v) is 13.1. The van der Waals surface area contributed by atoms with Crippen molar-refractivity contribution in [3.8, 4) is 0 Å². The number of hydrogen-bond acceptors (Lipinski definition) is 3. The molecule has 1 amide bonds. The van der Waals surface area contributed by atoms with Crippen LogP contribution in [0.25, 0.3) is 0 Å². The molecule has 0 fully saturated rings. The first-order chi connectivity index (χ1) is 9.56. The SMILES string of the molecule is O=C1Nc2cc(Sc3ccccc3Cl)c(Br)cc2C1=O. The van der Waals surface area contributed by atoms with Crippen molar-refractivity contribution in [3.63, 3.8) is 0 Å². The number of benzene rings is 2. The molecule has 1 N–H and O–H groups in total. The molecule has 0 atom stereocenters. The van der Waals surface area contributed by atoms with E-state index < -0.39 is 11.7 Å². The zero-order chi connectivity index (χ0) is 14.3. The molecule has 0 aliphatic carbocycles. The molecule has 2 aromatic carbocycles. The summed E-state index contributed by atoms with van der Waals surface area (Å²) >= 11 is 11.0. The van der Waals surface area contributed by atoms with Gasteiger partial charge in [0, 0.05) is 14.3 Å². The Labute approximate surface area is 132 Å². The highest BCUT2D eigenvalue weighted by molar-refractivity contribution is 9.10. The molecule has 0 unspecified atom stereocenters. The van der Waals surface area contributed by atoms with Gasteiger partial charge >= 0.3 is 0 Å². The average Bonchev–Trinajstić information content (AvgIpc) is 2.69. The van der Waals surface area contributed by atoms with Crippen LogP contribution in [0.4, 0.5) is 5.69 Å². The molecule has 20 heavy (non-hydrogen) atoms. The number of hydrogen-bond donors (Lipinski definition) is 1. The first-order valence-corrected chi connectivity index (χ1v) is 7.66. The number of carbonyl (C=O) groups excluding carboxylic acids is 2. The third-order valence-corrected chi connectivity index (χ3v) is 5.32. The van der Waals surface area contributed by atoms with E-state index in [1.807, 2.05) is 24.3 Å². The van der Waals surface area contributed by atoms with Crippen molar-refractivity contribution < 1.29 is 9.59 Å². The van der Waals surface area contributed by atoms with E-state index in [1.165, 1.54) is 11.8 Å². The predicted molar refractivity (Wildman–Crippen MR) is 82.7 cm³/mol. The van der Waals surface area contributed by atoms with Gasteiger partial charge in [-0.2, -0.15) is 0 Å². The Hall–Kier alpha value is -1.30. The van der Waals surface area contributed by atoms with E-state index in [1.54, 1.807) is 12.1 Å². The number of ketones is 1. The second-order valence-electron chi connectivity index (χ2n) is 4.14. The van der Waals surface area contributed by atoms with Gasteiger partial charge in [-0.05, 0) is 40.2 Å². The lowest BCUT2D eigenvalue weighted by Gasteiger charge is -2.08. The van der Waals surface area contributed by atoms with Crippen molar-refractivity contribution in [3.05, 3.63) is 51.5 Å². The molecule has 100 valence electrons. The first-order valence-electron chi connectivity index (χ1n) is 5.68. The lowest BCUT2D eigenvalue weighted by atomic mass is 10.1. The standard InChI is InChI=1S/C14H7BrClNO2S/c15-8-5-7-10(17-14(19)13(7)18)6-12(8)20-11-4-2-1-3-9(11)16/h1-6H,(H,17,18,19). The molecule has 1 aliphatic heterocycles. The van der Waals surface area contributed by atoms with Crippen LogP contribution in [0.5, 0.6) is 0 Å². The molecule has 0 spiro atoms. The molecule has 2 aromatic rings.